The first kappa shape index (κ1) is 19.6. The third kappa shape index (κ3) is 3.31. The average Bonchev–Trinajstić information content (AvgIpc) is 2.74. The molecule has 2 aliphatic carbocycles. The first-order valence-corrected chi connectivity index (χ1v) is 10.2. The molecule has 2 aromatic carbocycles. The molecule has 0 fully saturated rings. The van der Waals surface area contributed by atoms with Crippen LogP contribution in [0.2, 0.25) is 0 Å². The fourth-order valence-corrected chi connectivity index (χ4v) is 4.89. The molecule has 0 amide bonds. The average molecular weight is 392 g/mol. The van der Waals surface area contributed by atoms with E-state index < -0.39 is 0 Å². The molecule has 4 nitrogen and oxygen atoms in total. The van der Waals surface area contributed by atoms with Gasteiger partial charge in [-0.3, -0.25) is 4.79 Å². The van der Waals surface area contributed by atoms with Crippen molar-refractivity contribution in [2.45, 2.75) is 25.7 Å². The maximum Gasteiger partial charge on any atom is 0.189 e. The summed E-state index contributed by atoms with van der Waals surface area (Å²) >= 11 is 0. The van der Waals surface area contributed by atoms with Crippen LogP contribution in [0.1, 0.15) is 40.7 Å². The van der Waals surface area contributed by atoms with Crippen LogP contribution in [0.15, 0.2) is 48.0 Å². The Morgan fingerprint density at radius 1 is 0.966 bits per heavy atom. The molecule has 2 aromatic rings. The largest absolute Gasteiger partial charge is 0.493 e. The van der Waals surface area contributed by atoms with Gasteiger partial charge in [-0.05, 0) is 71.6 Å². The van der Waals surface area contributed by atoms with E-state index in [-0.39, 0.29) is 11.7 Å². The fraction of sp³-hybridized carbons (Fsp3) is 0.400. The number of ketones is 1. The fourth-order valence-electron chi connectivity index (χ4n) is 4.89. The summed E-state index contributed by atoms with van der Waals surface area (Å²) in [6, 6.07) is 12.7. The molecular weight excluding hydrogens is 362 g/mol. The Morgan fingerprint density at radius 2 is 1.62 bits per heavy atom. The zero-order valence-electron chi connectivity index (χ0n) is 17.9. The minimum absolute atomic E-state index is 0.144. The van der Waals surface area contributed by atoms with E-state index in [1.165, 1.54) is 11.3 Å². The van der Waals surface area contributed by atoms with E-state index >= 15 is 0 Å². The first-order valence-electron chi connectivity index (χ1n) is 10.2. The highest BCUT2D eigenvalue weighted by Crippen LogP contribution is 2.47. The van der Waals surface area contributed by atoms with Crippen LogP contribution in [-0.4, -0.2) is 34.1 Å². The van der Waals surface area contributed by atoms with E-state index in [2.05, 4.69) is 56.3 Å². The van der Waals surface area contributed by atoms with E-state index in [1.807, 2.05) is 12.1 Å². The number of methoxy groups -OCH3 is 2. The Hall–Kier alpha value is -2.75. The van der Waals surface area contributed by atoms with E-state index in [9.17, 15) is 4.79 Å². The van der Waals surface area contributed by atoms with Crippen molar-refractivity contribution in [3.05, 3.63) is 64.7 Å². The lowest BCUT2D eigenvalue weighted by Gasteiger charge is -2.39. The maximum atomic E-state index is 13.3. The normalized spacial score (nSPS) is 23.0. The van der Waals surface area contributed by atoms with Crippen LogP contribution in [0.25, 0.3) is 0 Å². The minimum Gasteiger partial charge on any atom is -0.493 e. The van der Waals surface area contributed by atoms with Gasteiger partial charge >= 0.3 is 0 Å². The Kier molecular flexibility index (Phi) is 5.12. The number of hydrogen-bond donors (Lipinski definition) is 0. The highest BCUT2D eigenvalue weighted by Gasteiger charge is 2.40. The Labute approximate surface area is 173 Å². The van der Waals surface area contributed by atoms with Crippen molar-refractivity contribution in [1.29, 1.82) is 0 Å². The van der Waals surface area contributed by atoms with Crippen molar-refractivity contribution in [1.82, 2.24) is 0 Å². The molecule has 0 heterocycles. The second-order valence-corrected chi connectivity index (χ2v) is 8.35. The zero-order valence-corrected chi connectivity index (χ0v) is 17.9. The molecule has 29 heavy (non-hydrogen) atoms. The third-order valence-electron chi connectivity index (χ3n) is 6.65. The topological polar surface area (TPSA) is 38.8 Å². The number of carbonyl (C=O) groups excluding carboxylic acids is 1. The van der Waals surface area contributed by atoms with Gasteiger partial charge in [0.15, 0.2) is 17.3 Å². The molecule has 0 saturated heterocycles. The molecule has 0 radical (unpaired) electrons. The number of ether oxygens (including phenoxy) is 2. The van der Waals surface area contributed by atoms with Crippen LogP contribution in [0, 0.1) is 11.8 Å². The van der Waals surface area contributed by atoms with E-state index in [4.69, 9.17) is 9.47 Å². The van der Waals surface area contributed by atoms with Crippen LogP contribution < -0.4 is 14.4 Å². The summed E-state index contributed by atoms with van der Waals surface area (Å²) < 4.78 is 10.9. The third-order valence-corrected chi connectivity index (χ3v) is 6.65. The van der Waals surface area contributed by atoms with Crippen LogP contribution in [0.5, 0.6) is 11.5 Å². The van der Waals surface area contributed by atoms with E-state index in [0.29, 0.717) is 23.3 Å². The van der Waals surface area contributed by atoms with Crippen molar-refractivity contribution >= 4 is 11.5 Å². The van der Waals surface area contributed by atoms with Crippen LogP contribution >= 0.6 is 0 Å². The predicted molar refractivity (Wildman–Crippen MR) is 116 cm³/mol. The van der Waals surface area contributed by atoms with Crippen molar-refractivity contribution in [3.63, 3.8) is 0 Å². The summed E-state index contributed by atoms with van der Waals surface area (Å²) in [6.07, 6.45) is 3.94. The number of Topliss-reactive ketones (excluding diaryl/α,β-unsaturated/α-hetero) is 1. The van der Waals surface area contributed by atoms with Gasteiger partial charge in [-0.1, -0.05) is 25.1 Å². The highest BCUT2D eigenvalue weighted by atomic mass is 16.5. The van der Waals surface area contributed by atoms with Crippen LogP contribution in [0.4, 0.5) is 5.69 Å². The lowest BCUT2D eigenvalue weighted by Crippen LogP contribution is -2.34. The van der Waals surface area contributed by atoms with E-state index in [0.717, 1.165) is 29.5 Å². The summed E-state index contributed by atoms with van der Waals surface area (Å²) in [5, 5.41) is 0. The van der Waals surface area contributed by atoms with Crippen molar-refractivity contribution in [3.8, 4) is 11.5 Å². The maximum absolute atomic E-state index is 13.3. The molecule has 0 bridgehead atoms. The Bertz CT molecular complexity index is 959. The molecule has 0 saturated carbocycles. The lowest BCUT2D eigenvalue weighted by molar-refractivity contribution is 0.0992. The molecule has 4 heteroatoms. The Balaban J connectivity index is 1.67. The summed E-state index contributed by atoms with van der Waals surface area (Å²) in [5.74, 6) is 2.50. The molecule has 3 atom stereocenters. The standard InChI is InChI=1S/C25H29NO3/c1-15-19(16-6-8-18(9-7-16)26(2)3)10-11-20-21(15)12-17-13-23(28-4)24(29-5)14-22(17)25(20)27/h6-9,11,13-15,19,21H,10,12H2,1-5H3/t15-,19?,21+/m0/s1. The van der Waals surface area contributed by atoms with Gasteiger partial charge in [-0.15, -0.1) is 0 Å². The first-order chi connectivity index (χ1) is 13.9. The summed E-state index contributed by atoms with van der Waals surface area (Å²) in [7, 11) is 7.36. The number of benzene rings is 2. The quantitative estimate of drug-likeness (QED) is 0.745. The number of carbonyl (C=O) groups is 1. The van der Waals surface area contributed by atoms with Crippen molar-refractivity contribution < 1.29 is 14.3 Å². The summed E-state index contributed by atoms with van der Waals surface area (Å²) in [5.41, 5.74) is 5.34. The summed E-state index contributed by atoms with van der Waals surface area (Å²) in [4.78, 5) is 15.4. The smallest absolute Gasteiger partial charge is 0.189 e. The van der Waals surface area contributed by atoms with E-state index in [1.54, 1.807) is 14.2 Å². The molecule has 0 aliphatic heterocycles. The zero-order chi connectivity index (χ0) is 20.7. The second kappa shape index (κ2) is 7.58. The van der Waals surface area contributed by atoms with Gasteiger partial charge < -0.3 is 14.4 Å². The molecule has 4 rings (SSSR count). The summed E-state index contributed by atoms with van der Waals surface area (Å²) in [6.45, 7) is 2.29. The highest BCUT2D eigenvalue weighted by molar-refractivity contribution is 6.11. The van der Waals surface area contributed by atoms with Gasteiger partial charge in [0.05, 0.1) is 14.2 Å². The monoisotopic (exact) mass is 391 g/mol. The van der Waals surface area contributed by atoms with Gasteiger partial charge in [-0.25, -0.2) is 0 Å². The van der Waals surface area contributed by atoms with Crippen LogP contribution in [0.3, 0.4) is 0 Å². The number of nitrogens with zero attached hydrogens (tertiary/aromatic N) is 1. The van der Waals surface area contributed by atoms with Gasteiger partial charge in [0.25, 0.3) is 0 Å². The van der Waals surface area contributed by atoms with Crippen molar-refractivity contribution in [2.75, 3.05) is 33.2 Å². The molecule has 1 unspecified atom stereocenters. The number of allylic oxidation sites excluding steroid dienone is 2. The number of rotatable bonds is 4. The number of hydrogen-bond acceptors (Lipinski definition) is 4. The molecular formula is C25H29NO3. The molecule has 0 spiro atoms. The molecule has 0 N–H and O–H groups in total. The lowest BCUT2D eigenvalue weighted by atomic mass is 9.64. The molecule has 0 aromatic heterocycles. The molecule has 152 valence electrons. The SMILES string of the molecule is COc1cc2c(cc1OC)C(=O)C1=CCC(c3ccc(N(C)C)cc3)[C@H](C)[C@H]1C2. The predicted octanol–water partition coefficient (Wildman–Crippen LogP) is 4.87. The van der Waals surface area contributed by atoms with Gasteiger partial charge in [0.2, 0.25) is 0 Å². The number of fused-ring (bicyclic) bond motifs is 2. The van der Waals surface area contributed by atoms with Gasteiger partial charge in [-0.2, -0.15) is 0 Å². The van der Waals surface area contributed by atoms with Gasteiger partial charge in [0.1, 0.15) is 0 Å². The second-order valence-electron chi connectivity index (χ2n) is 8.35. The van der Waals surface area contributed by atoms with Crippen molar-refractivity contribution in [2.24, 2.45) is 11.8 Å². The Morgan fingerprint density at radius 3 is 2.24 bits per heavy atom. The number of anilines is 1. The minimum atomic E-state index is 0.144. The van der Waals surface area contributed by atoms with Gasteiger partial charge in [0, 0.05) is 25.3 Å². The molecule has 2 aliphatic rings. The van der Waals surface area contributed by atoms with Crippen LogP contribution in [-0.2, 0) is 6.42 Å².